The van der Waals surface area contributed by atoms with E-state index in [-0.39, 0.29) is 23.5 Å². The number of aliphatic hydroxyl groups is 1. The molecule has 6 rings (SSSR count). The molecule has 0 aromatic carbocycles. The number of nitrogens with zero attached hydrogens (tertiary/aromatic N) is 8. The molecule has 0 spiro atoms. The Morgan fingerprint density at radius 2 is 1.94 bits per heavy atom. The highest BCUT2D eigenvalue weighted by molar-refractivity contribution is 6.76. The Morgan fingerprint density at radius 1 is 1.17 bits per heavy atom. The van der Waals surface area contributed by atoms with Crippen molar-refractivity contribution < 1.29 is 23.0 Å². The Labute approximate surface area is 278 Å². The van der Waals surface area contributed by atoms with Crippen molar-refractivity contribution in [2.45, 2.75) is 94.9 Å². The number of ether oxygens (including phenoxy) is 1. The summed E-state index contributed by atoms with van der Waals surface area (Å²) in [6.07, 6.45) is 6.10. The van der Waals surface area contributed by atoms with E-state index in [9.17, 15) is 23.5 Å². The van der Waals surface area contributed by atoms with Crippen LogP contribution in [0.5, 0.6) is 0 Å². The Bertz CT molecular complexity index is 1760. The lowest BCUT2D eigenvalue weighted by molar-refractivity contribution is -0.141. The summed E-state index contributed by atoms with van der Waals surface area (Å²) < 4.78 is 49.8. The molecule has 1 aliphatic carbocycles. The van der Waals surface area contributed by atoms with Gasteiger partial charge in [-0.1, -0.05) is 19.6 Å². The van der Waals surface area contributed by atoms with Crippen LogP contribution in [0.3, 0.4) is 0 Å². The molecule has 256 valence electrons. The average molecular weight is 682 g/mol. The first-order valence-corrected chi connectivity index (χ1v) is 20.1. The van der Waals surface area contributed by atoms with Crippen LogP contribution in [0, 0.1) is 11.3 Å². The fourth-order valence-electron chi connectivity index (χ4n) is 6.73. The van der Waals surface area contributed by atoms with Crippen LogP contribution < -0.4 is 5.32 Å². The molecular formula is C33H42F3N9O2Si. The van der Waals surface area contributed by atoms with Crippen LogP contribution in [0.15, 0.2) is 43.1 Å². The number of aromatic nitrogens is 6. The number of fused-ring (bicyclic) bond motifs is 1. The van der Waals surface area contributed by atoms with Gasteiger partial charge in [0.15, 0.2) is 0 Å². The number of nitrogens with one attached hydrogen (secondary N) is 1. The second-order valence-corrected chi connectivity index (χ2v) is 19.9. The molecule has 2 N–H and O–H groups in total. The third kappa shape index (κ3) is 7.41. The number of rotatable bonds is 12. The van der Waals surface area contributed by atoms with Crippen molar-refractivity contribution in [3.8, 4) is 17.3 Å². The lowest BCUT2D eigenvalue weighted by Crippen LogP contribution is -2.58. The van der Waals surface area contributed by atoms with Gasteiger partial charge in [0.05, 0.1) is 36.5 Å². The molecule has 0 bridgehead atoms. The normalized spacial score (nSPS) is 20.9. The van der Waals surface area contributed by atoms with Crippen molar-refractivity contribution in [3.63, 3.8) is 0 Å². The van der Waals surface area contributed by atoms with Gasteiger partial charge in [0.1, 0.15) is 30.2 Å². The van der Waals surface area contributed by atoms with Gasteiger partial charge in [-0.3, -0.25) is 4.68 Å². The van der Waals surface area contributed by atoms with Gasteiger partial charge in [0.25, 0.3) is 0 Å². The Balaban J connectivity index is 1.08. The molecule has 0 radical (unpaired) electrons. The van der Waals surface area contributed by atoms with Gasteiger partial charge in [0, 0.05) is 63.2 Å². The van der Waals surface area contributed by atoms with Gasteiger partial charge < -0.3 is 24.6 Å². The number of anilines is 1. The zero-order chi connectivity index (χ0) is 34.1. The molecule has 4 aromatic rings. The number of halogens is 3. The predicted octanol–water partition coefficient (Wildman–Crippen LogP) is 5.86. The topological polar surface area (TPSA) is 130 Å². The van der Waals surface area contributed by atoms with Crippen LogP contribution in [0.25, 0.3) is 22.3 Å². The smallest absolute Gasteiger partial charge is 0.392 e. The van der Waals surface area contributed by atoms with E-state index in [0.717, 1.165) is 79.8 Å². The SMILES string of the molecule is C[Si](C)(C)CCOCn1ccc2c(-c3cnn([C@]4(CC#N)C[C@H](N5CCC(Nc6cc(CO)cc(C(F)(F)F)n6)CC5)C4)c3)ncnc21. The third-order valence-corrected chi connectivity index (χ3v) is 11.2. The summed E-state index contributed by atoms with van der Waals surface area (Å²) in [5.74, 6) is 0.127. The lowest BCUT2D eigenvalue weighted by atomic mass is 9.69. The van der Waals surface area contributed by atoms with E-state index in [1.54, 1.807) is 12.5 Å². The molecule has 48 heavy (non-hydrogen) atoms. The molecule has 4 aromatic heterocycles. The fraction of sp³-hybridized carbons (Fsp3) is 0.545. The molecule has 5 heterocycles. The molecule has 2 aliphatic rings. The maximum absolute atomic E-state index is 13.3. The van der Waals surface area contributed by atoms with Crippen molar-refractivity contribution in [1.82, 2.24) is 34.2 Å². The number of pyridine rings is 1. The van der Waals surface area contributed by atoms with Crippen LogP contribution >= 0.6 is 0 Å². The highest BCUT2D eigenvalue weighted by Crippen LogP contribution is 2.45. The molecule has 1 saturated carbocycles. The van der Waals surface area contributed by atoms with Crippen molar-refractivity contribution in [1.29, 1.82) is 5.26 Å². The fourth-order valence-corrected chi connectivity index (χ4v) is 7.49. The summed E-state index contributed by atoms with van der Waals surface area (Å²) in [6.45, 7) is 9.20. The summed E-state index contributed by atoms with van der Waals surface area (Å²) in [6, 6.07) is 8.06. The minimum absolute atomic E-state index is 0.0299. The van der Waals surface area contributed by atoms with Gasteiger partial charge in [0.2, 0.25) is 0 Å². The lowest BCUT2D eigenvalue weighted by Gasteiger charge is -2.52. The van der Waals surface area contributed by atoms with Crippen molar-refractivity contribution >= 4 is 24.9 Å². The largest absolute Gasteiger partial charge is 0.433 e. The van der Waals surface area contributed by atoms with Gasteiger partial charge in [-0.15, -0.1) is 0 Å². The molecule has 0 unspecified atom stereocenters. The molecule has 1 aliphatic heterocycles. The second kappa shape index (κ2) is 13.6. The van der Waals surface area contributed by atoms with E-state index >= 15 is 0 Å². The number of aliphatic hydroxyl groups excluding tert-OH is 1. The highest BCUT2D eigenvalue weighted by Gasteiger charge is 2.49. The minimum Gasteiger partial charge on any atom is -0.392 e. The Kier molecular flexibility index (Phi) is 9.63. The van der Waals surface area contributed by atoms with E-state index in [2.05, 4.69) is 50.9 Å². The number of nitriles is 1. The molecule has 0 atom stereocenters. The van der Waals surface area contributed by atoms with Gasteiger partial charge in [-0.2, -0.15) is 23.5 Å². The first-order valence-electron chi connectivity index (χ1n) is 16.4. The van der Waals surface area contributed by atoms with E-state index < -0.39 is 32.1 Å². The molecular weight excluding hydrogens is 640 g/mol. The van der Waals surface area contributed by atoms with E-state index in [1.807, 2.05) is 27.7 Å². The maximum Gasteiger partial charge on any atom is 0.433 e. The Morgan fingerprint density at radius 3 is 2.62 bits per heavy atom. The van der Waals surface area contributed by atoms with E-state index in [4.69, 9.17) is 9.84 Å². The monoisotopic (exact) mass is 681 g/mol. The zero-order valence-electron chi connectivity index (χ0n) is 27.5. The van der Waals surface area contributed by atoms with Crippen LogP contribution in [0.2, 0.25) is 25.7 Å². The standard InChI is InChI=1S/C33H42F3N9O2Si/c1-48(2,3)13-12-47-22-44-11-6-27-30(38-21-39-31(27)44)24-18-40-45(19-24)32(7-8-37)16-26(17-32)43-9-4-25(5-10-43)41-29-15-23(20-46)14-28(42-29)33(34,35)36/h6,11,14-15,18-19,21,25-26,46H,4-5,7,9-10,12-13,16-17,20,22H2,1-3H3,(H,41,42)/t26-,32+. The third-order valence-electron chi connectivity index (χ3n) is 9.52. The number of alkyl halides is 3. The first-order chi connectivity index (χ1) is 22.9. The van der Waals surface area contributed by atoms with Gasteiger partial charge >= 0.3 is 6.18 Å². The van der Waals surface area contributed by atoms with Crippen molar-refractivity contribution in [3.05, 3.63) is 54.4 Å². The number of piperidine rings is 1. The first kappa shape index (κ1) is 34.0. The van der Waals surface area contributed by atoms with Gasteiger partial charge in [-0.05, 0) is 55.5 Å². The molecule has 2 fully saturated rings. The average Bonchev–Trinajstić information content (AvgIpc) is 3.68. The number of likely N-dealkylation sites (tertiary alicyclic amines) is 1. The summed E-state index contributed by atoms with van der Waals surface area (Å²) in [4.78, 5) is 15.3. The van der Waals surface area contributed by atoms with Crippen LogP contribution in [-0.4, -0.2) is 79.2 Å². The second-order valence-electron chi connectivity index (χ2n) is 14.2. The Hall–Kier alpha value is -3.84. The van der Waals surface area contributed by atoms with E-state index in [0.29, 0.717) is 13.2 Å². The summed E-state index contributed by atoms with van der Waals surface area (Å²) in [5, 5.41) is 28.0. The summed E-state index contributed by atoms with van der Waals surface area (Å²) in [7, 11) is -1.18. The summed E-state index contributed by atoms with van der Waals surface area (Å²) in [5.41, 5.74) is 1.18. The van der Waals surface area contributed by atoms with Gasteiger partial charge in [-0.25, -0.2) is 15.0 Å². The zero-order valence-corrected chi connectivity index (χ0v) is 28.5. The number of hydrogen-bond donors (Lipinski definition) is 2. The highest BCUT2D eigenvalue weighted by atomic mass is 28.3. The summed E-state index contributed by atoms with van der Waals surface area (Å²) >= 11 is 0. The molecule has 15 heteroatoms. The molecule has 1 saturated heterocycles. The maximum atomic E-state index is 13.3. The molecule has 0 amide bonds. The van der Waals surface area contributed by atoms with E-state index in [1.165, 1.54) is 6.07 Å². The van der Waals surface area contributed by atoms with Crippen molar-refractivity contribution in [2.75, 3.05) is 25.0 Å². The minimum atomic E-state index is -4.59. The predicted molar refractivity (Wildman–Crippen MR) is 177 cm³/mol. The number of hydrogen-bond acceptors (Lipinski definition) is 9. The molecule has 11 nitrogen and oxygen atoms in total. The quantitative estimate of drug-likeness (QED) is 0.140. The van der Waals surface area contributed by atoms with Crippen LogP contribution in [0.4, 0.5) is 19.0 Å². The van der Waals surface area contributed by atoms with Crippen LogP contribution in [-0.2, 0) is 29.8 Å². The van der Waals surface area contributed by atoms with Crippen molar-refractivity contribution in [2.24, 2.45) is 0 Å². The van der Waals surface area contributed by atoms with Crippen LogP contribution in [0.1, 0.15) is 43.4 Å².